The van der Waals surface area contributed by atoms with Crippen LogP contribution in [0.5, 0.6) is 0 Å². The van der Waals surface area contributed by atoms with Gasteiger partial charge in [0.2, 0.25) is 0 Å². The number of nitrogens with two attached hydrogens (primary N) is 4. The molecule has 306 valence electrons. The van der Waals surface area contributed by atoms with Gasteiger partial charge in [-0.2, -0.15) is 0 Å². The average Bonchev–Trinajstić information content (AvgIpc) is 3.18. The number of ether oxygens (including phenoxy) is 4. The quantitative estimate of drug-likeness (QED) is 0.0418. The van der Waals surface area contributed by atoms with E-state index in [4.69, 9.17) is 47.0 Å². The van der Waals surface area contributed by atoms with E-state index in [1.54, 1.807) is 58.0 Å². The van der Waals surface area contributed by atoms with Crippen molar-refractivity contribution in [3.63, 3.8) is 0 Å². The monoisotopic (exact) mass is 809 g/mol. The molecule has 2 aromatic carbocycles. The molecule has 0 bridgehead atoms. The Hall–Kier alpha value is -2.44. The molecule has 2 aliphatic carbocycles. The van der Waals surface area contributed by atoms with E-state index in [9.17, 15) is 24.9 Å². The number of hydrogen-bond donors (Lipinski definition) is 11. The van der Waals surface area contributed by atoms with Crippen LogP contribution in [-0.2, 0) is 18.9 Å². The molecule has 1 heterocycles. The lowest BCUT2D eigenvalue weighted by Gasteiger charge is -2.46. The molecule has 0 amide bonds. The van der Waals surface area contributed by atoms with E-state index in [0.717, 1.165) is 12.3 Å². The topological polar surface area (TPSA) is 292 Å². The van der Waals surface area contributed by atoms with E-state index in [-0.39, 0.29) is 44.4 Å². The Morgan fingerprint density at radius 2 is 1.42 bits per heavy atom. The summed E-state index contributed by atoms with van der Waals surface area (Å²) in [6.07, 6.45) is -7.09. The molecule has 55 heavy (non-hydrogen) atoms. The molecule has 1 aliphatic heterocycles. The van der Waals surface area contributed by atoms with Crippen LogP contribution in [-0.4, -0.2) is 164 Å². The third-order valence-corrected chi connectivity index (χ3v) is 12.1. The second kappa shape index (κ2) is 21.4. The van der Waals surface area contributed by atoms with Crippen molar-refractivity contribution in [1.82, 2.24) is 5.32 Å². The predicted molar refractivity (Wildman–Crippen MR) is 211 cm³/mol. The fourth-order valence-electron chi connectivity index (χ4n) is 6.87. The highest BCUT2D eigenvalue weighted by atomic mass is 33.1. The van der Waals surface area contributed by atoms with Crippen LogP contribution >= 0.6 is 21.6 Å². The van der Waals surface area contributed by atoms with Gasteiger partial charge < -0.3 is 78.3 Å². The Balaban J connectivity index is 1.04. The van der Waals surface area contributed by atoms with E-state index >= 15 is 0 Å². The van der Waals surface area contributed by atoms with Crippen LogP contribution < -0.4 is 38.9 Å². The van der Waals surface area contributed by atoms with Crippen LogP contribution in [0.4, 0.5) is 11.4 Å². The summed E-state index contributed by atoms with van der Waals surface area (Å²) in [5.74, 6) is 0.970. The zero-order valence-electron chi connectivity index (χ0n) is 30.6. The summed E-state index contributed by atoms with van der Waals surface area (Å²) in [4.78, 5) is 27.2. The molecular formula is C36H55N7O10S2. The Morgan fingerprint density at radius 1 is 0.764 bits per heavy atom. The molecule has 15 N–H and O–H groups in total. The number of anilines is 2. The third-order valence-electron chi connectivity index (χ3n) is 9.75. The van der Waals surface area contributed by atoms with Gasteiger partial charge >= 0.3 is 0 Å². The molecular weight excluding hydrogens is 755 g/mol. The van der Waals surface area contributed by atoms with Crippen LogP contribution in [0.25, 0.3) is 0 Å². The first kappa shape index (κ1) is 43.7. The van der Waals surface area contributed by atoms with Crippen molar-refractivity contribution in [2.75, 3.05) is 81.3 Å². The molecule has 0 radical (unpaired) electrons. The number of carbonyl (C=O) groups excluding carboxylic acids is 2. The predicted octanol–water partition coefficient (Wildman–Crippen LogP) is -1.81. The number of benzene rings is 2. The number of fused-ring (bicyclic) bond motifs is 2. The van der Waals surface area contributed by atoms with E-state index in [2.05, 4.69) is 16.0 Å². The molecule has 1 saturated carbocycles. The first-order valence-electron chi connectivity index (χ1n) is 18.5. The van der Waals surface area contributed by atoms with Crippen LogP contribution in [0.1, 0.15) is 38.3 Å². The summed E-state index contributed by atoms with van der Waals surface area (Å²) >= 11 is 0. The van der Waals surface area contributed by atoms with Crippen molar-refractivity contribution in [2.45, 2.75) is 67.5 Å². The molecule has 2 fully saturated rings. The standard InChI is InChI=1S/C36H55N7O10S2/c37-18-25-32(48)33(49)28(40)36(52-25)53-34-22(39)17-21(38)31(47)35(34)51-14-16-55-54-15-10-41-7-8-42-23-5-6-24(43-9-12-50-13-11-44)27-26(23)29(45)19-3-1-2-4-20(19)30(27)46/h1-6,21-22,25,28,31-36,41-44,47-49H,7-18,37-40H2/t21-,22+,25-,28-,31+,32-,33-,34-,35-,36-/m1/s1. The Kier molecular flexibility index (Phi) is 17.0. The lowest BCUT2D eigenvalue weighted by Crippen LogP contribution is -2.67. The fraction of sp³-hybridized carbons (Fsp3) is 0.611. The summed E-state index contributed by atoms with van der Waals surface area (Å²) in [6.45, 7) is 2.95. The van der Waals surface area contributed by atoms with Crippen LogP contribution in [0.3, 0.4) is 0 Å². The molecule has 19 heteroatoms. The molecule has 2 aromatic rings. The highest BCUT2D eigenvalue weighted by Crippen LogP contribution is 2.36. The number of carbonyl (C=O) groups is 2. The first-order chi connectivity index (χ1) is 26.6. The number of nitrogens with one attached hydrogen (secondary N) is 3. The first-order valence-corrected chi connectivity index (χ1v) is 21.0. The minimum Gasteiger partial charge on any atom is -0.394 e. The maximum Gasteiger partial charge on any atom is 0.196 e. The van der Waals surface area contributed by atoms with E-state index in [1.807, 2.05) is 0 Å². The average molecular weight is 810 g/mol. The van der Waals surface area contributed by atoms with Crippen LogP contribution in [0.15, 0.2) is 36.4 Å². The molecule has 0 unspecified atom stereocenters. The molecule has 0 aromatic heterocycles. The van der Waals surface area contributed by atoms with Crippen molar-refractivity contribution in [1.29, 1.82) is 0 Å². The zero-order valence-corrected chi connectivity index (χ0v) is 32.2. The van der Waals surface area contributed by atoms with Crippen molar-refractivity contribution >= 4 is 44.5 Å². The summed E-state index contributed by atoms with van der Waals surface area (Å²) in [6, 6.07) is 8.13. The van der Waals surface area contributed by atoms with Gasteiger partial charge in [-0.25, -0.2) is 0 Å². The minimum atomic E-state index is -1.32. The molecule has 5 rings (SSSR count). The highest BCUT2D eigenvalue weighted by molar-refractivity contribution is 8.76. The van der Waals surface area contributed by atoms with Gasteiger partial charge in [-0.1, -0.05) is 45.9 Å². The summed E-state index contributed by atoms with van der Waals surface area (Å²) in [5, 5.41) is 50.3. The van der Waals surface area contributed by atoms with Gasteiger partial charge in [-0.05, 0) is 18.6 Å². The van der Waals surface area contributed by atoms with Gasteiger partial charge in [-0.3, -0.25) is 9.59 Å². The minimum absolute atomic E-state index is 0.0584. The van der Waals surface area contributed by atoms with Crippen molar-refractivity contribution in [2.24, 2.45) is 22.9 Å². The van der Waals surface area contributed by atoms with Crippen LogP contribution in [0.2, 0.25) is 0 Å². The van der Waals surface area contributed by atoms with Crippen molar-refractivity contribution in [3.8, 4) is 0 Å². The lowest BCUT2D eigenvalue weighted by atomic mass is 9.82. The maximum absolute atomic E-state index is 13.6. The van der Waals surface area contributed by atoms with Gasteiger partial charge in [0.15, 0.2) is 17.9 Å². The lowest BCUT2D eigenvalue weighted by molar-refractivity contribution is -0.290. The molecule has 1 saturated heterocycles. The van der Waals surface area contributed by atoms with Gasteiger partial charge in [-0.15, -0.1) is 0 Å². The SMILES string of the molecule is NC[C@H]1O[C@H](O[C@H]2[C@H](OCCSSCCNCCNc3ccc(NCCOCCO)c4c3C(=O)c3ccccc3C4=O)[C@@H](O)[C@H](N)C[C@@H]2N)[C@H](N)[C@@H](O)[C@@H]1O. The van der Waals surface area contributed by atoms with Gasteiger partial charge in [0, 0.05) is 78.8 Å². The Bertz CT molecular complexity index is 1560. The van der Waals surface area contributed by atoms with Crippen LogP contribution in [0, 0.1) is 0 Å². The normalized spacial score (nSPS) is 29.2. The number of aliphatic hydroxyl groups is 4. The molecule has 10 atom stereocenters. The second-order valence-corrected chi connectivity index (χ2v) is 16.2. The third kappa shape index (κ3) is 10.7. The van der Waals surface area contributed by atoms with Crippen molar-refractivity contribution < 1.29 is 49.0 Å². The largest absolute Gasteiger partial charge is 0.394 e. The second-order valence-electron chi connectivity index (χ2n) is 13.5. The van der Waals surface area contributed by atoms with Gasteiger partial charge in [0.25, 0.3) is 0 Å². The summed E-state index contributed by atoms with van der Waals surface area (Å²) in [7, 11) is 3.26. The fourth-order valence-corrected chi connectivity index (χ4v) is 8.66. The maximum atomic E-state index is 13.6. The van der Waals surface area contributed by atoms with Crippen molar-refractivity contribution in [3.05, 3.63) is 58.7 Å². The molecule has 0 spiro atoms. The number of aliphatic hydroxyl groups excluding tert-OH is 4. The van der Waals surface area contributed by atoms with E-state index < -0.39 is 61.0 Å². The number of hydrogen-bond acceptors (Lipinski definition) is 19. The van der Waals surface area contributed by atoms with Gasteiger partial charge in [0.1, 0.15) is 30.5 Å². The number of rotatable bonds is 21. The summed E-state index contributed by atoms with van der Waals surface area (Å²) in [5.41, 5.74) is 26.8. The molecule has 3 aliphatic rings. The Morgan fingerprint density at radius 3 is 2.07 bits per heavy atom. The van der Waals surface area contributed by atoms with E-state index in [1.165, 1.54) is 0 Å². The zero-order chi connectivity index (χ0) is 39.5. The number of ketones is 2. The highest BCUT2D eigenvalue weighted by Gasteiger charge is 2.48. The summed E-state index contributed by atoms with van der Waals surface area (Å²) < 4.78 is 23.2. The van der Waals surface area contributed by atoms with Gasteiger partial charge in [0.05, 0.1) is 49.7 Å². The van der Waals surface area contributed by atoms with E-state index in [0.29, 0.717) is 65.6 Å². The Labute approximate surface area is 328 Å². The smallest absolute Gasteiger partial charge is 0.196 e. The molecule has 17 nitrogen and oxygen atoms in total.